The van der Waals surface area contributed by atoms with Crippen LogP contribution >= 0.6 is 0 Å². The first-order valence-electron chi connectivity index (χ1n) is 6.94. The molecule has 0 aliphatic heterocycles. The molecule has 0 radical (unpaired) electrons. The van der Waals surface area contributed by atoms with E-state index in [0.29, 0.717) is 11.3 Å². The Morgan fingerprint density at radius 3 is 2.48 bits per heavy atom. The normalized spacial score (nSPS) is 12.1. The van der Waals surface area contributed by atoms with Crippen molar-refractivity contribution in [1.82, 2.24) is 5.32 Å². The Morgan fingerprint density at radius 1 is 1.29 bits per heavy atom. The molecular formula is C16H21N3O2. The van der Waals surface area contributed by atoms with Gasteiger partial charge in [0.2, 0.25) is 11.8 Å². The summed E-state index contributed by atoms with van der Waals surface area (Å²) in [6.07, 6.45) is 0.792. The van der Waals surface area contributed by atoms with Crippen LogP contribution in [-0.4, -0.2) is 17.9 Å². The monoisotopic (exact) mass is 287 g/mol. The van der Waals surface area contributed by atoms with Crippen molar-refractivity contribution in [3.63, 3.8) is 0 Å². The molecule has 1 unspecified atom stereocenters. The Kier molecular flexibility index (Phi) is 5.48. The summed E-state index contributed by atoms with van der Waals surface area (Å²) in [4.78, 5) is 24.5. The molecule has 21 heavy (non-hydrogen) atoms. The minimum Gasteiger partial charge on any atom is -0.353 e. The fourth-order valence-electron chi connectivity index (χ4n) is 1.58. The Balaban J connectivity index is 2.87. The maximum absolute atomic E-state index is 12.3. The summed E-state index contributed by atoms with van der Waals surface area (Å²) in [5.41, 5.74) is -0.440. The van der Waals surface area contributed by atoms with Gasteiger partial charge in [0.25, 0.3) is 0 Å². The lowest BCUT2D eigenvalue weighted by Crippen LogP contribution is -2.47. The zero-order valence-corrected chi connectivity index (χ0v) is 12.9. The van der Waals surface area contributed by atoms with Crippen molar-refractivity contribution in [2.24, 2.45) is 5.41 Å². The molecule has 1 aromatic carbocycles. The van der Waals surface area contributed by atoms with E-state index in [0.717, 1.165) is 6.42 Å². The molecule has 2 amide bonds. The van der Waals surface area contributed by atoms with Crippen LogP contribution in [0.5, 0.6) is 0 Å². The van der Waals surface area contributed by atoms with Gasteiger partial charge in [-0.15, -0.1) is 0 Å². The number of nitrogens with one attached hydrogen (secondary N) is 2. The van der Waals surface area contributed by atoms with Crippen LogP contribution in [-0.2, 0) is 9.59 Å². The van der Waals surface area contributed by atoms with Gasteiger partial charge >= 0.3 is 0 Å². The largest absolute Gasteiger partial charge is 0.353 e. The van der Waals surface area contributed by atoms with Crippen LogP contribution in [0.25, 0.3) is 0 Å². The van der Waals surface area contributed by atoms with Crippen LogP contribution in [0.1, 0.15) is 39.7 Å². The summed E-state index contributed by atoms with van der Waals surface area (Å²) >= 11 is 0. The molecule has 0 aliphatic rings. The van der Waals surface area contributed by atoms with Gasteiger partial charge in [-0.1, -0.05) is 19.1 Å². The molecule has 0 heterocycles. The standard InChI is InChI=1S/C16H21N3O2/c1-5-11(2)18-14(20)16(3,4)15(21)19-13-9-7-6-8-12(13)10-17/h6-9,11H,5H2,1-4H3,(H,18,20)(H,19,21). The van der Waals surface area contributed by atoms with Gasteiger partial charge in [-0.25, -0.2) is 0 Å². The first kappa shape index (κ1) is 16.7. The van der Waals surface area contributed by atoms with Crippen LogP contribution in [0, 0.1) is 16.7 Å². The van der Waals surface area contributed by atoms with Crippen LogP contribution in [0.3, 0.4) is 0 Å². The van der Waals surface area contributed by atoms with Crippen molar-refractivity contribution >= 4 is 17.5 Å². The number of hydrogen-bond donors (Lipinski definition) is 2. The van der Waals surface area contributed by atoms with E-state index in [1.807, 2.05) is 19.9 Å². The molecule has 2 N–H and O–H groups in total. The van der Waals surface area contributed by atoms with Gasteiger partial charge in [-0.2, -0.15) is 5.26 Å². The van der Waals surface area contributed by atoms with Gasteiger partial charge < -0.3 is 10.6 Å². The smallest absolute Gasteiger partial charge is 0.239 e. The van der Waals surface area contributed by atoms with Gasteiger partial charge in [0.05, 0.1) is 11.3 Å². The third kappa shape index (κ3) is 4.06. The van der Waals surface area contributed by atoms with Gasteiger partial charge in [0, 0.05) is 6.04 Å². The van der Waals surface area contributed by atoms with Crippen molar-refractivity contribution in [3.05, 3.63) is 29.8 Å². The maximum atomic E-state index is 12.3. The average molecular weight is 287 g/mol. The third-order valence-corrected chi connectivity index (χ3v) is 3.42. The number of carbonyl (C=O) groups excluding carboxylic acids is 2. The lowest BCUT2D eigenvalue weighted by molar-refractivity contribution is -0.138. The molecule has 0 bridgehead atoms. The summed E-state index contributed by atoms with van der Waals surface area (Å²) in [5.74, 6) is -0.769. The van der Waals surface area contributed by atoms with Gasteiger partial charge in [-0.3, -0.25) is 9.59 Å². The Hall–Kier alpha value is -2.35. The SMILES string of the molecule is CCC(C)NC(=O)C(C)(C)C(=O)Nc1ccccc1C#N. The molecule has 1 rings (SSSR count). The molecule has 0 fully saturated rings. The van der Waals surface area contributed by atoms with E-state index in [1.54, 1.807) is 38.1 Å². The van der Waals surface area contributed by atoms with Crippen molar-refractivity contribution < 1.29 is 9.59 Å². The Bertz CT molecular complexity index is 573. The van der Waals surface area contributed by atoms with E-state index in [4.69, 9.17) is 5.26 Å². The molecule has 5 nitrogen and oxygen atoms in total. The average Bonchev–Trinajstić information content (AvgIpc) is 2.47. The predicted octanol–water partition coefficient (Wildman–Crippen LogP) is 2.44. The lowest BCUT2D eigenvalue weighted by Gasteiger charge is -2.25. The highest BCUT2D eigenvalue weighted by Crippen LogP contribution is 2.21. The summed E-state index contributed by atoms with van der Waals surface area (Å²) < 4.78 is 0. The van der Waals surface area contributed by atoms with Crippen LogP contribution < -0.4 is 10.6 Å². The number of benzene rings is 1. The lowest BCUT2D eigenvalue weighted by atomic mass is 9.90. The first-order valence-corrected chi connectivity index (χ1v) is 6.94. The minimum atomic E-state index is -1.22. The van der Waals surface area contributed by atoms with Gasteiger partial charge in [0.1, 0.15) is 11.5 Å². The van der Waals surface area contributed by atoms with Crippen LogP contribution in [0.2, 0.25) is 0 Å². The molecule has 0 saturated carbocycles. The Labute approximate surface area is 125 Å². The quantitative estimate of drug-likeness (QED) is 0.816. The second kappa shape index (κ2) is 6.89. The molecule has 0 aliphatic carbocycles. The van der Waals surface area contributed by atoms with E-state index in [1.165, 1.54) is 0 Å². The first-order chi connectivity index (χ1) is 9.82. The number of nitrogens with zero attached hydrogens (tertiary/aromatic N) is 1. The zero-order chi connectivity index (χ0) is 16.0. The molecule has 1 atom stereocenters. The van der Waals surface area contributed by atoms with E-state index in [-0.39, 0.29) is 11.9 Å². The number of hydrogen-bond acceptors (Lipinski definition) is 3. The molecule has 5 heteroatoms. The molecule has 0 aromatic heterocycles. The Morgan fingerprint density at radius 2 is 1.90 bits per heavy atom. The molecule has 0 spiro atoms. The maximum Gasteiger partial charge on any atom is 0.239 e. The summed E-state index contributed by atoms with van der Waals surface area (Å²) in [7, 11) is 0. The van der Waals surface area contributed by atoms with E-state index in [9.17, 15) is 9.59 Å². The van der Waals surface area contributed by atoms with E-state index >= 15 is 0 Å². The molecule has 0 saturated heterocycles. The van der Waals surface area contributed by atoms with Crippen molar-refractivity contribution in [1.29, 1.82) is 5.26 Å². The van der Waals surface area contributed by atoms with Gasteiger partial charge in [-0.05, 0) is 39.3 Å². The number of rotatable bonds is 5. The molecule has 1 aromatic rings. The van der Waals surface area contributed by atoms with Crippen molar-refractivity contribution in [2.75, 3.05) is 5.32 Å². The summed E-state index contributed by atoms with van der Waals surface area (Å²) in [6, 6.07) is 8.71. The van der Waals surface area contributed by atoms with Crippen LogP contribution in [0.15, 0.2) is 24.3 Å². The second-order valence-corrected chi connectivity index (χ2v) is 5.52. The zero-order valence-electron chi connectivity index (χ0n) is 12.9. The summed E-state index contributed by atoms with van der Waals surface area (Å²) in [6.45, 7) is 6.97. The number of anilines is 1. The molecular weight excluding hydrogens is 266 g/mol. The number of para-hydroxylation sites is 1. The fourth-order valence-corrected chi connectivity index (χ4v) is 1.58. The van der Waals surface area contributed by atoms with Crippen molar-refractivity contribution in [3.8, 4) is 6.07 Å². The minimum absolute atomic E-state index is 0.0102. The summed E-state index contributed by atoms with van der Waals surface area (Å²) in [5, 5.41) is 14.5. The predicted molar refractivity (Wildman–Crippen MR) is 81.5 cm³/mol. The number of nitriles is 1. The van der Waals surface area contributed by atoms with E-state index in [2.05, 4.69) is 10.6 Å². The highest BCUT2D eigenvalue weighted by Gasteiger charge is 2.36. The fraction of sp³-hybridized carbons (Fsp3) is 0.438. The van der Waals surface area contributed by atoms with E-state index < -0.39 is 11.3 Å². The topological polar surface area (TPSA) is 82.0 Å². The van der Waals surface area contributed by atoms with Crippen LogP contribution in [0.4, 0.5) is 5.69 Å². The third-order valence-electron chi connectivity index (χ3n) is 3.42. The number of amides is 2. The highest BCUT2D eigenvalue weighted by atomic mass is 16.2. The molecule has 112 valence electrons. The van der Waals surface area contributed by atoms with Crippen molar-refractivity contribution in [2.45, 2.75) is 40.2 Å². The van der Waals surface area contributed by atoms with Gasteiger partial charge in [0.15, 0.2) is 0 Å². The highest BCUT2D eigenvalue weighted by molar-refractivity contribution is 6.10. The number of carbonyl (C=O) groups is 2. The second-order valence-electron chi connectivity index (χ2n) is 5.52.